The first-order valence-corrected chi connectivity index (χ1v) is 12.7. The predicted molar refractivity (Wildman–Crippen MR) is 139 cm³/mol. The van der Waals surface area contributed by atoms with Gasteiger partial charge in [0.25, 0.3) is 0 Å². The van der Waals surface area contributed by atoms with Gasteiger partial charge < -0.3 is 24.3 Å². The molecule has 0 bridgehead atoms. The SMILES string of the molecule is CCc1ccc(NC(=O)N(CC(=O)N(Cc2ccc(F)cc2)Cc2ccc(C)o2)CC2CCCO2)cc1. The molecule has 1 aromatic heterocycles. The summed E-state index contributed by atoms with van der Waals surface area (Å²) in [6.45, 7) is 5.25. The Morgan fingerprint density at radius 3 is 2.32 bits per heavy atom. The van der Waals surface area contributed by atoms with Crippen molar-refractivity contribution in [3.8, 4) is 0 Å². The average Bonchev–Trinajstić information content (AvgIpc) is 3.56. The molecule has 1 atom stereocenters. The molecular weight excluding hydrogens is 473 g/mol. The first kappa shape index (κ1) is 26.4. The van der Waals surface area contributed by atoms with Gasteiger partial charge in [-0.15, -0.1) is 0 Å². The smallest absolute Gasteiger partial charge is 0.322 e. The van der Waals surface area contributed by atoms with Crippen LogP contribution >= 0.6 is 0 Å². The van der Waals surface area contributed by atoms with Crippen LogP contribution in [-0.2, 0) is 29.0 Å². The van der Waals surface area contributed by atoms with Crippen LogP contribution in [0.3, 0.4) is 0 Å². The van der Waals surface area contributed by atoms with Gasteiger partial charge in [-0.05, 0) is 73.7 Å². The summed E-state index contributed by atoms with van der Waals surface area (Å²) in [5, 5.41) is 2.92. The molecule has 0 radical (unpaired) electrons. The zero-order valence-electron chi connectivity index (χ0n) is 21.4. The fourth-order valence-corrected chi connectivity index (χ4v) is 4.34. The number of carbonyl (C=O) groups is 2. The summed E-state index contributed by atoms with van der Waals surface area (Å²) in [5.41, 5.74) is 2.62. The monoisotopic (exact) mass is 507 g/mol. The van der Waals surface area contributed by atoms with E-state index in [1.54, 1.807) is 17.0 Å². The maximum absolute atomic E-state index is 13.6. The minimum Gasteiger partial charge on any atom is -0.464 e. The minimum absolute atomic E-state index is 0.112. The number of hydrogen-bond acceptors (Lipinski definition) is 4. The second kappa shape index (κ2) is 12.5. The number of rotatable bonds is 10. The van der Waals surface area contributed by atoms with Crippen molar-refractivity contribution in [1.29, 1.82) is 0 Å². The number of benzene rings is 2. The van der Waals surface area contributed by atoms with E-state index in [1.807, 2.05) is 43.3 Å². The molecule has 3 aromatic rings. The molecule has 0 saturated carbocycles. The minimum atomic E-state index is -0.358. The molecule has 1 saturated heterocycles. The van der Waals surface area contributed by atoms with Crippen molar-refractivity contribution >= 4 is 17.6 Å². The summed E-state index contributed by atoms with van der Waals surface area (Å²) in [5.74, 6) is 0.805. The molecular formula is C29H34FN3O4. The first-order chi connectivity index (χ1) is 17.9. The lowest BCUT2D eigenvalue weighted by Crippen LogP contribution is -2.46. The molecule has 8 heteroatoms. The molecule has 0 aliphatic carbocycles. The maximum atomic E-state index is 13.6. The second-order valence-electron chi connectivity index (χ2n) is 9.38. The van der Waals surface area contributed by atoms with E-state index in [2.05, 4.69) is 12.2 Å². The van der Waals surface area contributed by atoms with E-state index < -0.39 is 0 Å². The number of anilines is 1. The lowest BCUT2D eigenvalue weighted by Gasteiger charge is -2.29. The molecule has 2 heterocycles. The molecule has 1 aliphatic heterocycles. The lowest BCUT2D eigenvalue weighted by molar-refractivity contribution is -0.133. The summed E-state index contributed by atoms with van der Waals surface area (Å²) in [6, 6.07) is 17.0. The molecule has 2 aromatic carbocycles. The van der Waals surface area contributed by atoms with E-state index in [1.165, 1.54) is 22.6 Å². The Balaban J connectivity index is 1.51. The Kier molecular flexibility index (Phi) is 8.95. The van der Waals surface area contributed by atoms with Crippen LogP contribution in [0, 0.1) is 12.7 Å². The van der Waals surface area contributed by atoms with Crippen LogP contribution in [0.1, 0.15) is 42.4 Å². The topological polar surface area (TPSA) is 75.0 Å². The van der Waals surface area contributed by atoms with Gasteiger partial charge in [-0.1, -0.05) is 31.2 Å². The van der Waals surface area contributed by atoms with Gasteiger partial charge in [-0.2, -0.15) is 0 Å². The van der Waals surface area contributed by atoms with Gasteiger partial charge in [0, 0.05) is 25.4 Å². The van der Waals surface area contributed by atoms with Gasteiger partial charge in [0.05, 0.1) is 12.6 Å². The number of ether oxygens (including phenoxy) is 1. The molecule has 196 valence electrons. The Labute approximate surface area is 217 Å². The van der Waals surface area contributed by atoms with Crippen molar-refractivity contribution in [3.63, 3.8) is 0 Å². The third-order valence-corrected chi connectivity index (χ3v) is 6.46. The number of nitrogens with one attached hydrogen (secondary N) is 1. The van der Waals surface area contributed by atoms with Crippen LogP contribution in [0.15, 0.2) is 65.1 Å². The van der Waals surface area contributed by atoms with Gasteiger partial charge in [0.15, 0.2) is 0 Å². The summed E-state index contributed by atoms with van der Waals surface area (Å²) in [7, 11) is 0. The van der Waals surface area contributed by atoms with Gasteiger partial charge in [0.1, 0.15) is 23.9 Å². The lowest BCUT2D eigenvalue weighted by atomic mass is 10.1. The van der Waals surface area contributed by atoms with Crippen molar-refractivity contribution in [2.75, 3.05) is 25.0 Å². The highest BCUT2D eigenvalue weighted by Crippen LogP contribution is 2.18. The molecule has 1 fully saturated rings. The molecule has 0 spiro atoms. The van der Waals surface area contributed by atoms with Gasteiger partial charge in [0.2, 0.25) is 5.91 Å². The Morgan fingerprint density at radius 2 is 1.70 bits per heavy atom. The number of hydrogen-bond donors (Lipinski definition) is 1. The first-order valence-electron chi connectivity index (χ1n) is 12.7. The van der Waals surface area contributed by atoms with Gasteiger partial charge in [-0.25, -0.2) is 9.18 Å². The number of urea groups is 1. The molecule has 4 rings (SSSR count). The molecule has 1 unspecified atom stereocenters. The van der Waals surface area contributed by atoms with E-state index in [0.29, 0.717) is 24.6 Å². The van der Waals surface area contributed by atoms with Crippen molar-refractivity contribution in [2.24, 2.45) is 0 Å². The molecule has 3 amide bonds. The molecule has 1 N–H and O–H groups in total. The normalized spacial score (nSPS) is 14.9. The van der Waals surface area contributed by atoms with Crippen LogP contribution in [0.5, 0.6) is 0 Å². The summed E-state index contributed by atoms with van der Waals surface area (Å²) < 4.78 is 24.9. The van der Waals surface area contributed by atoms with Crippen LogP contribution in [-0.4, -0.2) is 47.5 Å². The van der Waals surface area contributed by atoms with Crippen LogP contribution < -0.4 is 5.32 Å². The number of aryl methyl sites for hydroxylation is 2. The summed E-state index contributed by atoms with van der Waals surface area (Å²) in [4.78, 5) is 30.0. The fraction of sp³-hybridized carbons (Fsp3) is 0.379. The standard InChI is InChI=1S/C29H34FN3O4/c1-3-22-9-13-25(14-10-22)31-29(35)33(18-26-5-4-16-36-26)20-28(34)32(19-27-15-6-21(2)37-27)17-23-7-11-24(30)12-8-23/h6-15,26H,3-5,16-20H2,1-2H3,(H,31,35). The Morgan fingerprint density at radius 1 is 0.973 bits per heavy atom. The predicted octanol–water partition coefficient (Wildman–Crippen LogP) is 5.53. The largest absolute Gasteiger partial charge is 0.464 e. The third-order valence-electron chi connectivity index (χ3n) is 6.46. The number of amides is 3. The second-order valence-corrected chi connectivity index (χ2v) is 9.38. The highest BCUT2D eigenvalue weighted by atomic mass is 19.1. The summed E-state index contributed by atoms with van der Waals surface area (Å²) >= 11 is 0. The van der Waals surface area contributed by atoms with E-state index in [-0.39, 0.29) is 43.5 Å². The number of nitrogens with zero attached hydrogens (tertiary/aromatic N) is 2. The highest BCUT2D eigenvalue weighted by Gasteiger charge is 2.27. The number of carbonyl (C=O) groups excluding carboxylic acids is 2. The van der Waals surface area contributed by atoms with Gasteiger partial charge in [-0.3, -0.25) is 4.79 Å². The van der Waals surface area contributed by atoms with Crippen LogP contribution in [0.2, 0.25) is 0 Å². The third kappa shape index (κ3) is 7.67. The van der Waals surface area contributed by atoms with Crippen LogP contribution in [0.25, 0.3) is 0 Å². The average molecular weight is 508 g/mol. The molecule has 1 aliphatic rings. The van der Waals surface area contributed by atoms with Crippen LogP contribution in [0.4, 0.5) is 14.9 Å². The Bertz CT molecular complexity index is 1170. The van der Waals surface area contributed by atoms with E-state index in [0.717, 1.165) is 30.6 Å². The molecule has 7 nitrogen and oxygen atoms in total. The zero-order valence-corrected chi connectivity index (χ0v) is 21.4. The van der Waals surface area contributed by atoms with E-state index in [4.69, 9.17) is 9.15 Å². The fourth-order valence-electron chi connectivity index (χ4n) is 4.34. The highest BCUT2D eigenvalue weighted by molar-refractivity contribution is 5.92. The van der Waals surface area contributed by atoms with Gasteiger partial charge >= 0.3 is 6.03 Å². The number of furan rings is 1. The molecule has 37 heavy (non-hydrogen) atoms. The summed E-state index contributed by atoms with van der Waals surface area (Å²) in [6.07, 6.45) is 2.57. The quantitative estimate of drug-likeness (QED) is 0.392. The Hall–Kier alpha value is -3.65. The zero-order chi connectivity index (χ0) is 26.2. The van der Waals surface area contributed by atoms with Crippen molar-refractivity contribution in [3.05, 3.63) is 89.1 Å². The van der Waals surface area contributed by atoms with Crippen molar-refractivity contribution in [1.82, 2.24) is 9.80 Å². The van der Waals surface area contributed by atoms with Crippen molar-refractivity contribution < 1.29 is 23.1 Å². The number of halogens is 1. The van der Waals surface area contributed by atoms with Crippen molar-refractivity contribution in [2.45, 2.75) is 52.3 Å². The maximum Gasteiger partial charge on any atom is 0.322 e. The van der Waals surface area contributed by atoms with E-state index in [9.17, 15) is 14.0 Å². The van der Waals surface area contributed by atoms with E-state index >= 15 is 0 Å².